The molecule has 5 heteroatoms. The van der Waals surface area contributed by atoms with Crippen molar-refractivity contribution in [1.29, 1.82) is 0 Å². The summed E-state index contributed by atoms with van der Waals surface area (Å²) in [4.78, 5) is 13.8. The summed E-state index contributed by atoms with van der Waals surface area (Å²) in [6.07, 6.45) is 0.501. The van der Waals surface area contributed by atoms with E-state index in [0.29, 0.717) is 13.0 Å². The molecule has 0 aromatic heterocycles. The molecule has 0 unspecified atom stereocenters. The maximum Gasteiger partial charge on any atom is 0.254 e. The molecule has 0 saturated carbocycles. The Bertz CT molecular complexity index is 421. The fourth-order valence-corrected chi connectivity index (χ4v) is 1.66. The summed E-state index contributed by atoms with van der Waals surface area (Å²) in [5.74, 6) is -0.843. The average molecular weight is 254 g/mol. The van der Waals surface area contributed by atoms with Gasteiger partial charge in [-0.1, -0.05) is 0 Å². The Labute approximate surface area is 106 Å². The van der Waals surface area contributed by atoms with Crippen LogP contribution in [0.2, 0.25) is 0 Å². The highest BCUT2D eigenvalue weighted by atomic mass is 19.1. The van der Waals surface area contributed by atoms with Crippen LogP contribution in [0.5, 0.6) is 0 Å². The Morgan fingerprint density at radius 1 is 1.50 bits per heavy atom. The Morgan fingerprint density at radius 2 is 2.17 bits per heavy atom. The molecule has 0 heterocycles. The molecule has 0 fully saturated rings. The lowest BCUT2D eigenvalue weighted by molar-refractivity contribution is 0.0692. The van der Waals surface area contributed by atoms with Gasteiger partial charge in [-0.15, -0.1) is 0 Å². The number of hydrogen-bond donors (Lipinski definition) is 2. The van der Waals surface area contributed by atoms with Crippen molar-refractivity contribution in [1.82, 2.24) is 4.90 Å². The first-order valence-corrected chi connectivity index (χ1v) is 5.94. The minimum atomic E-state index is -0.591. The van der Waals surface area contributed by atoms with E-state index in [9.17, 15) is 9.18 Å². The predicted molar refractivity (Wildman–Crippen MR) is 68.7 cm³/mol. The van der Waals surface area contributed by atoms with Gasteiger partial charge in [0.25, 0.3) is 5.91 Å². The van der Waals surface area contributed by atoms with Gasteiger partial charge < -0.3 is 15.7 Å². The third kappa shape index (κ3) is 3.43. The molecule has 0 bridgehead atoms. The molecular weight excluding hydrogens is 235 g/mol. The van der Waals surface area contributed by atoms with Crippen LogP contribution in [0.3, 0.4) is 0 Å². The van der Waals surface area contributed by atoms with E-state index in [1.807, 2.05) is 13.8 Å². The van der Waals surface area contributed by atoms with Crippen LogP contribution in [0, 0.1) is 5.82 Å². The highest BCUT2D eigenvalue weighted by Gasteiger charge is 2.19. The summed E-state index contributed by atoms with van der Waals surface area (Å²) < 4.78 is 13.3. The van der Waals surface area contributed by atoms with Crippen LogP contribution in [0.4, 0.5) is 10.1 Å². The van der Waals surface area contributed by atoms with Gasteiger partial charge in [0.1, 0.15) is 5.82 Å². The van der Waals surface area contributed by atoms with Gasteiger partial charge in [-0.25, -0.2) is 4.39 Å². The Morgan fingerprint density at radius 3 is 2.67 bits per heavy atom. The maximum absolute atomic E-state index is 13.3. The molecule has 0 aliphatic heterocycles. The fraction of sp³-hybridized carbons (Fsp3) is 0.462. The SMILES string of the molecule is CC(C)N(CCCO)C(=O)c1ccc(N)c(F)c1. The quantitative estimate of drug-likeness (QED) is 0.785. The summed E-state index contributed by atoms with van der Waals surface area (Å²) in [7, 11) is 0. The molecule has 1 aromatic rings. The number of carbonyl (C=O) groups excluding carboxylic acids is 1. The number of nitrogens with zero attached hydrogens (tertiary/aromatic N) is 1. The molecule has 100 valence electrons. The second-order valence-electron chi connectivity index (χ2n) is 4.41. The van der Waals surface area contributed by atoms with Crippen molar-refractivity contribution in [3.8, 4) is 0 Å². The number of rotatable bonds is 5. The van der Waals surface area contributed by atoms with E-state index in [1.165, 1.54) is 12.1 Å². The number of carbonyl (C=O) groups is 1. The van der Waals surface area contributed by atoms with E-state index >= 15 is 0 Å². The number of halogens is 1. The van der Waals surface area contributed by atoms with Crippen molar-refractivity contribution < 1.29 is 14.3 Å². The fourth-order valence-electron chi connectivity index (χ4n) is 1.66. The van der Waals surface area contributed by atoms with Gasteiger partial charge in [0, 0.05) is 24.8 Å². The molecule has 0 radical (unpaired) electrons. The van der Waals surface area contributed by atoms with Crippen molar-refractivity contribution in [2.75, 3.05) is 18.9 Å². The van der Waals surface area contributed by atoms with Crippen molar-refractivity contribution >= 4 is 11.6 Å². The van der Waals surface area contributed by atoms with Crippen molar-refractivity contribution in [3.63, 3.8) is 0 Å². The number of nitrogens with two attached hydrogens (primary N) is 1. The van der Waals surface area contributed by atoms with Gasteiger partial charge in [0.2, 0.25) is 0 Å². The molecule has 4 nitrogen and oxygen atoms in total. The zero-order chi connectivity index (χ0) is 13.7. The van der Waals surface area contributed by atoms with E-state index in [2.05, 4.69) is 0 Å². The molecule has 0 aliphatic rings. The van der Waals surface area contributed by atoms with E-state index in [0.717, 1.165) is 6.07 Å². The minimum Gasteiger partial charge on any atom is -0.396 e. The summed E-state index contributed by atoms with van der Waals surface area (Å²) in [5.41, 5.74) is 5.67. The standard InChI is InChI=1S/C13H19FN2O2/c1-9(2)16(6-3-7-17)13(18)10-4-5-12(15)11(14)8-10/h4-5,8-9,17H,3,6-7,15H2,1-2H3. The lowest BCUT2D eigenvalue weighted by Gasteiger charge is -2.26. The zero-order valence-corrected chi connectivity index (χ0v) is 10.7. The van der Waals surface area contributed by atoms with Crippen LogP contribution >= 0.6 is 0 Å². The van der Waals surface area contributed by atoms with Crippen molar-refractivity contribution in [2.45, 2.75) is 26.3 Å². The van der Waals surface area contributed by atoms with Crippen molar-refractivity contribution in [2.24, 2.45) is 0 Å². The number of aliphatic hydroxyl groups excluding tert-OH is 1. The largest absolute Gasteiger partial charge is 0.396 e. The van der Waals surface area contributed by atoms with Crippen LogP contribution in [-0.2, 0) is 0 Å². The molecule has 0 spiro atoms. The van der Waals surface area contributed by atoms with Gasteiger partial charge in [-0.3, -0.25) is 4.79 Å². The Hall–Kier alpha value is -1.62. The highest BCUT2D eigenvalue weighted by Crippen LogP contribution is 2.15. The number of benzene rings is 1. The summed E-state index contributed by atoms with van der Waals surface area (Å²) in [5, 5.41) is 8.82. The van der Waals surface area contributed by atoms with Crippen LogP contribution in [0.25, 0.3) is 0 Å². The topological polar surface area (TPSA) is 66.6 Å². The molecule has 18 heavy (non-hydrogen) atoms. The molecule has 0 atom stereocenters. The third-order valence-electron chi connectivity index (χ3n) is 2.69. The first-order chi connectivity index (χ1) is 8.47. The lowest BCUT2D eigenvalue weighted by Crippen LogP contribution is -2.38. The number of anilines is 1. The van der Waals surface area contributed by atoms with Crippen LogP contribution < -0.4 is 5.73 Å². The van der Waals surface area contributed by atoms with E-state index < -0.39 is 5.82 Å². The number of amides is 1. The first-order valence-electron chi connectivity index (χ1n) is 5.94. The molecule has 1 amide bonds. The van der Waals surface area contributed by atoms with Gasteiger partial charge in [0.05, 0.1) is 5.69 Å². The van der Waals surface area contributed by atoms with E-state index in [-0.39, 0.29) is 29.8 Å². The molecule has 1 aromatic carbocycles. The van der Waals surface area contributed by atoms with Gasteiger partial charge >= 0.3 is 0 Å². The smallest absolute Gasteiger partial charge is 0.254 e. The zero-order valence-electron chi connectivity index (χ0n) is 10.7. The molecule has 1 rings (SSSR count). The highest BCUT2D eigenvalue weighted by molar-refractivity contribution is 5.94. The Balaban J connectivity index is 2.91. The molecule has 3 N–H and O–H groups in total. The molecule has 0 saturated heterocycles. The average Bonchev–Trinajstić information content (AvgIpc) is 2.32. The van der Waals surface area contributed by atoms with E-state index in [1.54, 1.807) is 4.90 Å². The monoisotopic (exact) mass is 254 g/mol. The third-order valence-corrected chi connectivity index (χ3v) is 2.69. The maximum atomic E-state index is 13.3. The normalized spacial score (nSPS) is 10.7. The second-order valence-corrected chi connectivity index (χ2v) is 4.41. The second kappa shape index (κ2) is 6.35. The van der Waals surface area contributed by atoms with Crippen LogP contribution in [-0.4, -0.2) is 35.1 Å². The first kappa shape index (κ1) is 14.4. The Kier molecular flexibility index (Phi) is 5.09. The minimum absolute atomic E-state index is 0.00957. The summed E-state index contributed by atoms with van der Waals surface area (Å²) in [6.45, 7) is 4.22. The summed E-state index contributed by atoms with van der Waals surface area (Å²) >= 11 is 0. The number of hydrogen-bond acceptors (Lipinski definition) is 3. The molecule has 0 aliphatic carbocycles. The van der Waals surface area contributed by atoms with E-state index in [4.69, 9.17) is 10.8 Å². The van der Waals surface area contributed by atoms with Crippen LogP contribution in [0.1, 0.15) is 30.6 Å². The number of nitrogen functional groups attached to an aromatic ring is 1. The number of aliphatic hydroxyl groups is 1. The van der Waals surface area contributed by atoms with Gasteiger partial charge in [-0.05, 0) is 38.5 Å². The summed E-state index contributed by atoms with van der Waals surface area (Å²) in [6, 6.07) is 4.03. The van der Waals surface area contributed by atoms with Crippen molar-refractivity contribution in [3.05, 3.63) is 29.6 Å². The molecular formula is C13H19FN2O2. The lowest BCUT2D eigenvalue weighted by atomic mass is 10.1. The van der Waals surface area contributed by atoms with Crippen LogP contribution in [0.15, 0.2) is 18.2 Å². The van der Waals surface area contributed by atoms with Gasteiger partial charge in [-0.2, -0.15) is 0 Å². The van der Waals surface area contributed by atoms with Gasteiger partial charge in [0.15, 0.2) is 0 Å². The predicted octanol–water partition coefficient (Wildman–Crippen LogP) is 1.64.